The van der Waals surface area contributed by atoms with Crippen molar-refractivity contribution in [2.24, 2.45) is 5.41 Å². The maximum absolute atomic E-state index is 14.3. The molecule has 2 aromatic heterocycles. The highest BCUT2D eigenvalue weighted by Crippen LogP contribution is 2.49. The fourth-order valence-electron chi connectivity index (χ4n) is 3.67. The molecule has 0 spiro atoms. The number of allylic oxidation sites excluding steroid dienone is 2. The van der Waals surface area contributed by atoms with E-state index < -0.39 is 39.7 Å². The van der Waals surface area contributed by atoms with Gasteiger partial charge in [-0.1, -0.05) is 18.2 Å². The molecule has 11 heteroatoms. The number of nitro benzene ring substituents is 1. The summed E-state index contributed by atoms with van der Waals surface area (Å²) < 4.78 is 20.4. The van der Waals surface area contributed by atoms with Gasteiger partial charge in [0.05, 0.1) is 26.6 Å². The minimum Gasteiger partial charge on any atom is -0.481 e. The molecular formula is C22H15FN2O7S. The predicted octanol–water partition coefficient (Wildman–Crippen LogP) is 4.89. The molecule has 0 aliphatic heterocycles. The fraction of sp³-hybridized carbons (Fsp3) is 0.136. The van der Waals surface area contributed by atoms with Crippen LogP contribution in [0, 0.1) is 21.3 Å². The van der Waals surface area contributed by atoms with Crippen molar-refractivity contribution < 1.29 is 33.9 Å². The second-order valence-electron chi connectivity index (χ2n) is 7.45. The molecule has 3 aromatic rings. The van der Waals surface area contributed by atoms with Gasteiger partial charge in [0.15, 0.2) is 11.6 Å². The van der Waals surface area contributed by atoms with Crippen molar-refractivity contribution in [3.8, 4) is 11.5 Å². The lowest BCUT2D eigenvalue weighted by atomic mass is 9.69. The van der Waals surface area contributed by atoms with E-state index >= 15 is 0 Å². The second kappa shape index (κ2) is 8.10. The van der Waals surface area contributed by atoms with E-state index in [-0.39, 0.29) is 17.1 Å². The molecule has 2 N–H and O–H groups in total. The number of aromatic nitrogens is 1. The fourth-order valence-corrected chi connectivity index (χ4v) is 4.99. The number of aliphatic carboxylic acids is 2. The number of non-ortho nitro benzene ring substituents is 1. The van der Waals surface area contributed by atoms with Crippen LogP contribution in [-0.4, -0.2) is 32.1 Å². The van der Waals surface area contributed by atoms with Crippen LogP contribution in [0.4, 0.5) is 10.1 Å². The third-order valence-electron chi connectivity index (χ3n) is 5.36. The summed E-state index contributed by atoms with van der Waals surface area (Å²) in [5, 5.41) is 30.4. The summed E-state index contributed by atoms with van der Waals surface area (Å²) in [6.07, 6.45) is 5.61. The summed E-state index contributed by atoms with van der Waals surface area (Å²) in [6, 6.07) is 6.03. The van der Waals surface area contributed by atoms with Crippen LogP contribution in [0.15, 0.2) is 60.3 Å². The van der Waals surface area contributed by atoms with Gasteiger partial charge in [-0.3, -0.25) is 19.9 Å². The number of pyridine rings is 1. The van der Waals surface area contributed by atoms with Gasteiger partial charge in [0, 0.05) is 34.7 Å². The summed E-state index contributed by atoms with van der Waals surface area (Å²) in [6.45, 7) is 1.44. The van der Waals surface area contributed by atoms with E-state index in [2.05, 4.69) is 4.98 Å². The summed E-state index contributed by atoms with van der Waals surface area (Å²) in [5.41, 5.74) is -1.63. The maximum Gasteiger partial charge on any atom is 0.332 e. The zero-order valence-electron chi connectivity index (χ0n) is 16.9. The van der Waals surface area contributed by atoms with Crippen molar-refractivity contribution in [3.05, 3.63) is 81.1 Å². The van der Waals surface area contributed by atoms with Crippen LogP contribution in [0.2, 0.25) is 0 Å². The zero-order chi connectivity index (χ0) is 23.9. The molecule has 0 fully saturated rings. The average Bonchev–Trinajstić information content (AvgIpc) is 3.19. The van der Waals surface area contributed by atoms with Gasteiger partial charge in [0.1, 0.15) is 5.75 Å². The average molecular weight is 470 g/mol. The first-order valence-electron chi connectivity index (χ1n) is 9.48. The number of nitrogens with zero attached hydrogens (tertiary/aromatic N) is 2. The number of carbonyl (C=O) groups is 2. The minimum atomic E-state index is -1.52. The summed E-state index contributed by atoms with van der Waals surface area (Å²) in [7, 11) is 0. The Morgan fingerprint density at radius 1 is 1.24 bits per heavy atom. The number of hydrogen-bond acceptors (Lipinski definition) is 7. The Bertz CT molecular complexity index is 1380. The van der Waals surface area contributed by atoms with E-state index in [1.165, 1.54) is 37.4 Å². The molecule has 0 bridgehead atoms. The smallest absolute Gasteiger partial charge is 0.332 e. The number of ether oxygens (including phenoxy) is 1. The van der Waals surface area contributed by atoms with Crippen molar-refractivity contribution in [1.82, 2.24) is 4.98 Å². The highest BCUT2D eigenvalue weighted by molar-refractivity contribution is 7.19. The number of carboxylic acids is 2. The van der Waals surface area contributed by atoms with Crippen molar-refractivity contribution in [2.45, 2.75) is 12.8 Å². The van der Waals surface area contributed by atoms with Crippen molar-refractivity contribution >= 4 is 39.2 Å². The van der Waals surface area contributed by atoms with Gasteiger partial charge >= 0.3 is 11.9 Å². The van der Waals surface area contributed by atoms with Crippen LogP contribution in [0.25, 0.3) is 10.2 Å². The third kappa shape index (κ3) is 3.82. The highest BCUT2D eigenvalue weighted by Gasteiger charge is 2.46. The number of hydrogen-bond donors (Lipinski definition) is 2. The normalized spacial score (nSPS) is 19.8. The molecule has 2 atom stereocenters. The molecule has 4 rings (SSSR count). The van der Waals surface area contributed by atoms with Gasteiger partial charge < -0.3 is 14.9 Å². The monoisotopic (exact) mass is 470 g/mol. The molecule has 168 valence electrons. The van der Waals surface area contributed by atoms with Crippen molar-refractivity contribution in [2.75, 3.05) is 0 Å². The molecule has 0 saturated carbocycles. The van der Waals surface area contributed by atoms with Gasteiger partial charge in [-0.15, -0.1) is 11.3 Å². The number of nitro groups is 1. The quantitative estimate of drug-likeness (QED) is 0.383. The Hall–Kier alpha value is -4.12. The topological polar surface area (TPSA) is 140 Å². The van der Waals surface area contributed by atoms with E-state index in [0.717, 1.165) is 29.5 Å². The number of benzene rings is 1. The van der Waals surface area contributed by atoms with E-state index in [4.69, 9.17) is 4.74 Å². The number of halogens is 1. The Balaban J connectivity index is 1.80. The maximum atomic E-state index is 14.3. The van der Waals surface area contributed by atoms with Crippen LogP contribution in [-0.2, 0) is 9.59 Å². The van der Waals surface area contributed by atoms with Crippen LogP contribution < -0.4 is 4.74 Å². The predicted molar refractivity (Wildman–Crippen MR) is 116 cm³/mol. The van der Waals surface area contributed by atoms with Crippen molar-refractivity contribution in [1.29, 1.82) is 0 Å². The first-order chi connectivity index (χ1) is 15.6. The Morgan fingerprint density at radius 3 is 2.64 bits per heavy atom. The van der Waals surface area contributed by atoms with Gasteiger partial charge in [-0.25, -0.2) is 9.18 Å². The Labute approximate surface area is 189 Å². The number of rotatable bonds is 6. The molecule has 0 radical (unpaired) electrons. The highest BCUT2D eigenvalue weighted by atomic mass is 32.1. The summed E-state index contributed by atoms with van der Waals surface area (Å²) >= 11 is 1.08. The Kier molecular flexibility index (Phi) is 5.42. The SMILES string of the molecule is CC1(C(=O)O)C=CC=C(C(=O)O)C1c1cc2nccc(Oc3ccc([N+](=O)[O-])cc3F)c2s1. The van der Waals surface area contributed by atoms with E-state index in [1.807, 2.05) is 0 Å². The van der Waals surface area contributed by atoms with Crippen LogP contribution in [0.1, 0.15) is 17.7 Å². The van der Waals surface area contributed by atoms with E-state index in [0.29, 0.717) is 15.1 Å². The first kappa shape index (κ1) is 22.1. The van der Waals surface area contributed by atoms with Crippen LogP contribution in [0.5, 0.6) is 11.5 Å². The lowest BCUT2D eigenvalue weighted by molar-refractivity contribution is -0.385. The van der Waals surface area contributed by atoms with E-state index in [1.54, 1.807) is 6.07 Å². The lowest BCUT2D eigenvalue weighted by Gasteiger charge is -2.33. The van der Waals surface area contributed by atoms with Crippen LogP contribution >= 0.6 is 11.3 Å². The zero-order valence-corrected chi connectivity index (χ0v) is 17.7. The second-order valence-corrected chi connectivity index (χ2v) is 8.54. The standard InChI is InChI=1S/C22H15FN2O7S/c1-22(21(28)29)7-2-3-12(20(26)27)18(22)17-10-14-19(33-17)16(6-8-24-14)32-15-5-4-11(25(30)31)9-13(15)23/h2-10,18H,1H3,(H,26,27)(H,28,29). The molecule has 9 nitrogen and oxygen atoms in total. The number of thiophene rings is 1. The minimum absolute atomic E-state index is 0.0853. The van der Waals surface area contributed by atoms with Crippen molar-refractivity contribution in [3.63, 3.8) is 0 Å². The molecule has 1 aliphatic rings. The Morgan fingerprint density at radius 2 is 2.00 bits per heavy atom. The largest absolute Gasteiger partial charge is 0.481 e. The molecule has 2 heterocycles. The molecule has 2 unspecified atom stereocenters. The summed E-state index contributed by atoms with van der Waals surface area (Å²) in [4.78, 5) is 38.7. The van der Waals surface area contributed by atoms with Gasteiger partial charge in [-0.2, -0.15) is 0 Å². The first-order valence-corrected chi connectivity index (χ1v) is 10.3. The lowest BCUT2D eigenvalue weighted by Crippen LogP contribution is -2.36. The number of fused-ring (bicyclic) bond motifs is 1. The van der Waals surface area contributed by atoms with Crippen LogP contribution in [0.3, 0.4) is 0 Å². The third-order valence-corrected chi connectivity index (χ3v) is 6.57. The van der Waals surface area contributed by atoms with Gasteiger partial charge in [-0.05, 0) is 19.1 Å². The molecular weight excluding hydrogens is 455 g/mol. The molecule has 0 saturated heterocycles. The molecule has 1 aliphatic carbocycles. The van der Waals surface area contributed by atoms with Gasteiger partial charge in [0.2, 0.25) is 0 Å². The molecule has 0 amide bonds. The molecule has 1 aromatic carbocycles. The number of carboxylic acid groups (broad SMARTS) is 2. The summed E-state index contributed by atoms with van der Waals surface area (Å²) in [5.74, 6) is -4.42. The molecule has 33 heavy (non-hydrogen) atoms. The van der Waals surface area contributed by atoms with Gasteiger partial charge in [0.25, 0.3) is 5.69 Å². The van der Waals surface area contributed by atoms with E-state index in [9.17, 15) is 34.3 Å².